The number of carbonyl (C=O) groups is 1. The van der Waals surface area contributed by atoms with E-state index in [1.807, 2.05) is 18.2 Å². The maximum Gasteiger partial charge on any atom is 0.305 e. The number of thiophene rings is 1. The van der Waals surface area contributed by atoms with E-state index in [2.05, 4.69) is 21.2 Å². The summed E-state index contributed by atoms with van der Waals surface area (Å²) in [6, 6.07) is 8.02. The smallest absolute Gasteiger partial charge is 0.305 e. The number of aryl methyl sites for hydroxylation is 1. The Hall–Kier alpha value is -1.68. The average Bonchev–Trinajstić information content (AvgIpc) is 2.84. The fraction of sp³-hybridized carbons (Fsp3) is 0.286. The second kappa shape index (κ2) is 6.31. The topological polar surface area (TPSA) is 39.2 Å². The van der Waals surface area contributed by atoms with Crippen molar-refractivity contribution in [3.05, 3.63) is 52.0 Å². The third-order valence-corrected chi connectivity index (χ3v) is 3.74. The molecule has 3 nitrogen and oxygen atoms in total. The Morgan fingerprint density at radius 1 is 1.39 bits per heavy atom. The lowest BCUT2D eigenvalue weighted by Gasteiger charge is -2.03. The summed E-state index contributed by atoms with van der Waals surface area (Å²) in [6.45, 7) is 0. The molecule has 0 aromatic carbocycles. The van der Waals surface area contributed by atoms with Gasteiger partial charge in [-0.3, -0.25) is 9.78 Å². The van der Waals surface area contributed by atoms with Crippen molar-refractivity contribution in [2.45, 2.75) is 19.3 Å². The zero-order valence-electron chi connectivity index (χ0n) is 10.3. The summed E-state index contributed by atoms with van der Waals surface area (Å²) in [5.74, 6) is -0.160. The van der Waals surface area contributed by atoms with Crippen molar-refractivity contribution in [1.82, 2.24) is 4.98 Å². The highest BCUT2D eigenvalue weighted by Crippen LogP contribution is 2.21. The van der Waals surface area contributed by atoms with E-state index in [0.717, 1.165) is 18.5 Å². The number of esters is 1. The minimum Gasteiger partial charge on any atom is -0.469 e. The van der Waals surface area contributed by atoms with Crippen LogP contribution in [0, 0.1) is 0 Å². The molecule has 2 aromatic heterocycles. The molecule has 0 saturated carbocycles. The first-order chi connectivity index (χ1) is 8.79. The Balaban J connectivity index is 2.02. The van der Waals surface area contributed by atoms with E-state index in [1.54, 1.807) is 17.5 Å². The lowest BCUT2D eigenvalue weighted by molar-refractivity contribution is -0.140. The van der Waals surface area contributed by atoms with Crippen molar-refractivity contribution in [3.63, 3.8) is 0 Å². The molecule has 0 spiro atoms. The molecular weight excluding hydrogens is 246 g/mol. The molecule has 0 N–H and O–H groups in total. The van der Waals surface area contributed by atoms with E-state index in [9.17, 15) is 4.79 Å². The summed E-state index contributed by atoms with van der Waals surface area (Å²) < 4.78 is 4.66. The molecule has 0 fully saturated rings. The van der Waals surface area contributed by atoms with Gasteiger partial charge in [0.2, 0.25) is 0 Å². The van der Waals surface area contributed by atoms with Crippen LogP contribution in [0.4, 0.5) is 0 Å². The first-order valence-electron chi connectivity index (χ1n) is 5.81. The summed E-state index contributed by atoms with van der Waals surface area (Å²) in [4.78, 5) is 16.7. The van der Waals surface area contributed by atoms with Crippen LogP contribution in [0.15, 0.2) is 35.8 Å². The maximum atomic E-state index is 11.1. The SMILES string of the molecule is COC(=O)CCc1sccc1Cc1ccccn1. The fourth-order valence-corrected chi connectivity index (χ4v) is 2.67. The minimum atomic E-state index is -0.160. The van der Waals surface area contributed by atoms with Crippen LogP contribution in [-0.4, -0.2) is 18.1 Å². The van der Waals surface area contributed by atoms with Gasteiger partial charge in [-0.15, -0.1) is 11.3 Å². The van der Waals surface area contributed by atoms with Gasteiger partial charge in [-0.05, 0) is 35.6 Å². The van der Waals surface area contributed by atoms with Gasteiger partial charge in [0.15, 0.2) is 0 Å². The molecule has 0 radical (unpaired) electrons. The van der Waals surface area contributed by atoms with Crippen molar-refractivity contribution < 1.29 is 9.53 Å². The summed E-state index contributed by atoms with van der Waals surface area (Å²) in [6.07, 6.45) is 3.80. The molecular formula is C14H15NO2S. The Kier molecular flexibility index (Phi) is 4.47. The number of hydrogen-bond acceptors (Lipinski definition) is 4. The van der Waals surface area contributed by atoms with Gasteiger partial charge in [0.1, 0.15) is 0 Å². The molecule has 0 aliphatic heterocycles. The second-order valence-corrected chi connectivity index (χ2v) is 4.94. The summed E-state index contributed by atoms with van der Waals surface area (Å²) in [5, 5.41) is 2.06. The van der Waals surface area contributed by atoms with E-state index < -0.39 is 0 Å². The number of aromatic nitrogens is 1. The zero-order chi connectivity index (χ0) is 12.8. The molecule has 0 atom stereocenters. The molecule has 94 valence electrons. The second-order valence-electron chi connectivity index (χ2n) is 3.94. The lowest BCUT2D eigenvalue weighted by Crippen LogP contribution is -2.02. The van der Waals surface area contributed by atoms with Crippen LogP contribution in [0.1, 0.15) is 22.6 Å². The van der Waals surface area contributed by atoms with E-state index in [4.69, 9.17) is 0 Å². The van der Waals surface area contributed by atoms with Gasteiger partial charge in [0.25, 0.3) is 0 Å². The monoisotopic (exact) mass is 261 g/mol. The van der Waals surface area contributed by atoms with E-state index in [0.29, 0.717) is 6.42 Å². The number of pyridine rings is 1. The van der Waals surface area contributed by atoms with Gasteiger partial charge in [0.05, 0.1) is 13.5 Å². The highest BCUT2D eigenvalue weighted by molar-refractivity contribution is 7.10. The van der Waals surface area contributed by atoms with Crippen LogP contribution in [0.5, 0.6) is 0 Å². The minimum absolute atomic E-state index is 0.160. The number of nitrogens with zero attached hydrogens (tertiary/aromatic N) is 1. The number of hydrogen-bond donors (Lipinski definition) is 0. The molecule has 18 heavy (non-hydrogen) atoms. The van der Waals surface area contributed by atoms with Gasteiger partial charge in [0, 0.05) is 23.2 Å². The van der Waals surface area contributed by atoms with Crippen LogP contribution < -0.4 is 0 Å². The largest absolute Gasteiger partial charge is 0.469 e. The molecule has 2 aromatic rings. The van der Waals surface area contributed by atoms with Gasteiger partial charge in [-0.2, -0.15) is 0 Å². The van der Waals surface area contributed by atoms with Crippen LogP contribution in [0.2, 0.25) is 0 Å². The van der Waals surface area contributed by atoms with Gasteiger partial charge in [-0.1, -0.05) is 6.07 Å². The molecule has 0 saturated heterocycles. The highest BCUT2D eigenvalue weighted by atomic mass is 32.1. The Morgan fingerprint density at radius 2 is 2.28 bits per heavy atom. The Bertz CT molecular complexity index is 508. The van der Waals surface area contributed by atoms with E-state index in [-0.39, 0.29) is 5.97 Å². The maximum absolute atomic E-state index is 11.1. The Morgan fingerprint density at radius 3 is 3.00 bits per heavy atom. The van der Waals surface area contributed by atoms with Crippen molar-refractivity contribution in [3.8, 4) is 0 Å². The van der Waals surface area contributed by atoms with Gasteiger partial charge in [-0.25, -0.2) is 0 Å². The highest BCUT2D eigenvalue weighted by Gasteiger charge is 2.08. The normalized spacial score (nSPS) is 10.3. The average molecular weight is 261 g/mol. The molecule has 4 heteroatoms. The summed E-state index contributed by atoms with van der Waals surface area (Å²) >= 11 is 1.69. The standard InChI is InChI=1S/C14H15NO2S/c1-17-14(16)6-5-13-11(7-9-18-13)10-12-4-2-3-8-15-12/h2-4,7-9H,5-6,10H2,1H3. The molecule has 0 bridgehead atoms. The molecule has 0 amide bonds. The van der Waals surface area contributed by atoms with Crippen LogP contribution >= 0.6 is 11.3 Å². The van der Waals surface area contributed by atoms with E-state index in [1.165, 1.54) is 17.6 Å². The first kappa shape index (κ1) is 12.8. The molecule has 0 aliphatic rings. The fourth-order valence-electron chi connectivity index (χ4n) is 1.76. The number of rotatable bonds is 5. The number of ether oxygens (including phenoxy) is 1. The van der Waals surface area contributed by atoms with E-state index >= 15 is 0 Å². The van der Waals surface area contributed by atoms with Gasteiger partial charge < -0.3 is 4.74 Å². The summed E-state index contributed by atoms with van der Waals surface area (Å²) in [7, 11) is 1.42. The number of carbonyl (C=O) groups excluding carboxylic acids is 1. The van der Waals surface area contributed by atoms with Crippen LogP contribution in [0.3, 0.4) is 0 Å². The van der Waals surface area contributed by atoms with Crippen LogP contribution in [-0.2, 0) is 22.4 Å². The Labute approximate surface area is 110 Å². The quantitative estimate of drug-likeness (QED) is 0.777. The third kappa shape index (κ3) is 3.40. The van der Waals surface area contributed by atoms with Crippen LogP contribution in [0.25, 0.3) is 0 Å². The van der Waals surface area contributed by atoms with Crippen molar-refractivity contribution in [2.75, 3.05) is 7.11 Å². The van der Waals surface area contributed by atoms with Gasteiger partial charge >= 0.3 is 5.97 Å². The first-order valence-corrected chi connectivity index (χ1v) is 6.69. The third-order valence-electron chi connectivity index (χ3n) is 2.72. The molecule has 0 unspecified atom stereocenters. The molecule has 2 rings (SSSR count). The zero-order valence-corrected chi connectivity index (χ0v) is 11.1. The van der Waals surface area contributed by atoms with Crippen molar-refractivity contribution >= 4 is 17.3 Å². The predicted molar refractivity (Wildman–Crippen MR) is 71.7 cm³/mol. The molecule has 0 aliphatic carbocycles. The molecule has 2 heterocycles. The lowest BCUT2D eigenvalue weighted by atomic mass is 10.1. The van der Waals surface area contributed by atoms with Crippen molar-refractivity contribution in [1.29, 1.82) is 0 Å². The van der Waals surface area contributed by atoms with Crippen molar-refractivity contribution in [2.24, 2.45) is 0 Å². The number of methoxy groups -OCH3 is 1. The summed E-state index contributed by atoms with van der Waals surface area (Å²) in [5.41, 5.74) is 2.30. The predicted octanol–water partition coefficient (Wildman–Crippen LogP) is 2.84.